The molecule has 0 saturated heterocycles. The molecule has 2 aromatic carbocycles. The van der Waals surface area contributed by atoms with Gasteiger partial charge in [-0.25, -0.2) is 4.39 Å². The summed E-state index contributed by atoms with van der Waals surface area (Å²) in [7, 11) is -1.41. The molecule has 106 valence electrons. The lowest BCUT2D eigenvalue weighted by atomic mass is 9.76. The summed E-state index contributed by atoms with van der Waals surface area (Å²) < 4.78 is 12.9. The van der Waals surface area contributed by atoms with Gasteiger partial charge in [-0.1, -0.05) is 42.0 Å². The molecule has 0 heterocycles. The summed E-state index contributed by atoms with van der Waals surface area (Å²) in [6.45, 7) is 0. The number of fused-ring (bicyclic) bond motifs is 1. The monoisotopic (exact) mass is 282 g/mol. The topological polar surface area (TPSA) is 40.5 Å². The first kappa shape index (κ1) is 14.0. The molecule has 2 aromatic rings. The van der Waals surface area contributed by atoms with Crippen molar-refractivity contribution in [2.24, 2.45) is 0 Å². The number of benzene rings is 2. The van der Waals surface area contributed by atoms with Crippen molar-refractivity contribution in [2.45, 2.75) is 19.3 Å². The van der Waals surface area contributed by atoms with E-state index < -0.39 is 7.12 Å². The van der Waals surface area contributed by atoms with Crippen molar-refractivity contribution < 1.29 is 14.4 Å². The third-order valence-corrected chi connectivity index (χ3v) is 3.90. The molecule has 1 aliphatic rings. The summed E-state index contributed by atoms with van der Waals surface area (Å²) in [5.41, 5.74) is 5.26. The highest BCUT2D eigenvalue weighted by molar-refractivity contribution is 6.58. The van der Waals surface area contributed by atoms with Crippen molar-refractivity contribution in [3.63, 3.8) is 0 Å². The van der Waals surface area contributed by atoms with Gasteiger partial charge in [-0.15, -0.1) is 0 Å². The van der Waals surface area contributed by atoms with E-state index in [0.29, 0.717) is 5.46 Å². The van der Waals surface area contributed by atoms with E-state index in [1.165, 1.54) is 28.8 Å². The Morgan fingerprint density at radius 2 is 1.71 bits per heavy atom. The van der Waals surface area contributed by atoms with E-state index in [-0.39, 0.29) is 5.82 Å². The van der Waals surface area contributed by atoms with Crippen molar-refractivity contribution >= 4 is 18.7 Å². The summed E-state index contributed by atoms with van der Waals surface area (Å²) in [5, 5.41) is 18.4. The van der Waals surface area contributed by atoms with E-state index in [1.807, 2.05) is 12.1 Å². The average Bonchev–Trinajstić information content (AvgIpc) is 2.49. The molecule has 0 radical (unpaired) electrons. The van der Waals surface area contributed by atoms with Crippen molar-refractivity contribution in [1.82, 2.24) is 0 Å². The molecule has 0 saturated carbocycles. The molecule has 0 spiro atoms. The Morgan fingerprint density at radius 3 is 2.43 bits per heavy atom. The number of rotatable bonds is 2. The molecule has 0 amide bonds. The summed E-state index contributed by atoms with van der Waals surface area (Å²) in [5.74, 6) is -0.221. The zero-order valence-electron chi connectivity index (χ0n) is 11.6. The Labute approximate surface area is 123 Å². The minimum atomic E-state index is -1.41. The highest BCUT2D eigenvalue weighted by atomic mass is 19.1. The van der Waals surface area contributed by atoms with Gasteiger partial charge < -0.3 is 10.0 Å². The molecule has 0 aromatic heterocycles. The lowest BCUT2D eigenvalue weighted by Crippen LogP contribution is -2.30. The quantitative estimate of drug-likeness (QED) is 0.828. The zero-order valence-corrected chi connectivity index (χ0v) is 11.6. The fourth-order valence-electron chi connectivity index (χ4n) is 2.76. The van der Waals surface area contributed by atoms with Gasteiger partial charge in [0, 0.05) is 0 Å². The van der Waals surface area contributed by atoms with Crippen molar-refractivity contribution in [2.75, 3.05) is 0 Å². The van der Waals surface area contributed by atoms with Crippen LogP contribution in [0.2, 0.25) is 0 Å². The Balaban J connectivity index is 1.82. The summed E-state index contributed by atoms with van der Waals surface area (Å²) in [4.78, 5) is 0. The van der Waals surface area contributed by atoms with Crippen LogP contribution in [0.25, 0.3) is 6.08 Å². The molecule has 0 aliphatic heterocycles. The van der Waals surface area contributed by atoms with Crippen LogP contribution in [0.1, 0.15) is 23.1 Å². The third kappa shape index (κ3) is 3.23. The fourth-order valence-corrected chi connectivity index (χ4v) is 2.76. The highest BCUT2D eigenvalue weighted by Gasteiger charge is 2.17. The normalized spacial score (nSPS) is 15.9. The minimum absolute atomic E-state index is 0.221. The first-order valence-corrected chi connectivity index (χ1v) is 7.05. The highest BCUT2D eigenvalue weighted by Crippen LogP contribution is 2.26. The van der Waals surface area contributed by atoms with E-state index in [1.54, 1.807) is 18.2 Å². The Bertz CT molecular complexity index is 678. The van der Waals surface area contributed by atoms with Crippen LogP contribution in [0.15, 0.2) is 48.0 Å². The van der Waals surface area contributed by atoms with Gasteiger partial charge >= 0.3 is 7.12 Å². The van der Waals surface area contributed by atoms with Gasteiger partial charge in [0.15, 0.2) is 0 Å². The SMILES string of the molecule is OB(O)c1ccc2c(c1)CCC(=Cc1ccc(F)cc1)C2. The second kappa shape index (κ2) is 5.84. The molecule has 1 aliphatic carbocycles. The van der Waals surface area contributed by atoms with E-state index in [2.05, 4.69) is 6.08 Å². The lowest BCUT2D eigenvalue weighted by molar-refractivity contribution is 0.425. The van der Waals surface area contributed by atoms with E-state index in [9.17, 15) is 14.4 Å². The zero-order chi connectivity index (χ0) is 14.8. The molecule has 3 rings (SSSR count). The lowest BCUT2D eigenvalue weighted by Gasteiger charge is -2.19. The van der Waals surface area contributed by atoms with E-state index >= 15 is 0 Å². The number of aryl methyl sites for hydroxylation is 1. The van der Waals surface area contributed by atoms with Crippen molar-refractivity contribution in [3.05, 3.63) is 70.5 Å². The number of allylic oxidation sites excluding steroid dienone is 1. The smallest absolute Gasteiger partial charge is 0.423 e. The molecular formula is C17H16BFO2. The van der Waals surface area contributed by atoms with Crippen LogP contribution in [-0.4, -0.2) is 17.2 Å². The van der Waals surface area contributed by atoms with E-state index in [0.717, 1.165) is 24.8 Å². The molecule has 4 heteroatoms. The Hall–Kier alpha value is -1.91. The maximum atomic E-state index is 12.9. The first-order chi connectivity index (χ1) is 10.1. The molecule has 0 bridgehead atoms. The van der Waals surface area contributed by atoms with Gasteiger partial charge in [0.1, 0.15) is 5.82 Å². The van der Waals surface area contributed by atoms with Gasteiger partial charge in [0.05, 0.1) is 0 Å². The largest absolute Gasteiger partial charge is 0.488 e. The number of hydrogen-bond acceptors (Lipinski definition) is 2. The molecule has 21 heavy (non-hydrogen) atoms. The second-order valence-corrected chi connectivity index (χ2v) is 5.43. The van der Waals surface area contributed by atoms with Crippen LogP contribution in [0, 0.1) is 5.82 Å². The molecule has 0 fully saturated rings. The van der Waals surface area contributed by atoms with Crippen LogP contribution < -0.4 is 5.46 Å². The van der Waals surface area contributed by atoms with Crippen molar-refractivity contribution in [1.29, 1.82) is 0 Å². The molecule has 2 N–H and O–H groups in total. The van der Waals surface area contributed by atoms with Crippen LogP contribution in [0.4, 0.5) is 4.39 Å². The maximum Gasteiger partial charge on any atom is 0.488 e. The molecule has 0 unspecified atom stereocenters. The van der Waals surface area contributed by atoms with Gasteiger partial charge in [-0.3, -0.25) is 0 Å². The van der Waals surface area contributed by atoms with Crippen LogP contribution in [-0.2, 0) is 12.8 Å². The van der Waals surface area contributed by atoms with Crippen LogP contribution in [0.3, 0.4) is 0 Å². The van der Waals surface area contributed by atoms with Gasteiger partial charge in [-0.2, -0.15) is 0 Å². The predicted molar refractivity (Wildman–Crippen MR) is 82.7 cm³/mol. The van der Waals surface area contributed by atoms with Crippen LogP contribution >= 0.6 is 0 Å². The fraction of sp³-hybridized carbons (Fsp3) is 0.176. The van der Waals surface area contributed by atoms with Gasteiger partial charge in [0.2, 0.25) is 0 Å². The van der Waals surface area contributed by atoms with Gasteiger partial charge in [0.25, 0.3) is 0 Å². The minimum Gasteiger partial charge on any atom is -0.423 e. The van der Waals surface area contributed by atoms with Gasteiger partial charge in [-0.05, 0) is 53.5 Å². The standard InChI is InChI=1S/C17H16BFO2/c19-17-7-2-12(3-8-17)9-13-1-4-15-11-16(18(20)21)6-5-14(15)10-13/h2-3,5-9,11,20-21H,1,4,10H2. The van der Waals surface area contributed by atoms with E-state index in [4.69, 9.17) is 0 Å². The average molecular weight is 282 g/mol. The maximum absolute atomic E-state index is 12.9. The molecule has 2 nitrogen and oxygen atoms in total. The molecular weight excluding hydrogens is 266 g/mol. The Morgan fingerprint density at radius 1 is 0.952 bits per heavy atom. The summed E-state index contributed by atoms with van der Waals surface area (Å²) in [6.07, 6.45) is 4.80. The second-order valence-electron chi connectivity index (χ2n) is 5.43. The number of halogens is 1. The third-order valence-electron chi connectivity index (χ3n) is 3.90. The van der Waals surface area contributed by atoms with Crippen LogP contribution in [0.5, 0.6) is 0 Å². The van der Waals surface area contributed by atoms with Crippen molar-refractivity contribution in [3.8, 4) is 0 Å². The summed E-state index contributed by atoms with van der Waals surface area (Å²) in [6, 6.07) is 12.1. The first-order valence-electron chi connectivity index (χ1n) is 7.05. The Kier molecular flexibility index (Phi) is 3.91. The predicted octanol–water partition coefficient (Wildman–Crippen LogP) is 2.08. The number of hydrogen-bond donors (Lipinski definition) is 2. The molecule has 0 atom stereocenters. The summed E-state index contributed by atoms with van der Waals surface area (Å²) >= 11 is 0.